The van der Waals surface area contributed by atoms with Crippen LogP contribution in [0.15, 0.2) is 29.2 Å². The molecular formula is C17H30ClN3O3S. The molecular weight excluding hydrogens is 362 g/mol. The van der Waals surface area contributed by atoms with Crippen molar-refractivity contribution in [3.63, 3.8) is 0 Å². The normalized spacial score (nSPS) is 13.0. The molecule has 1 amide bonds. The minimum Gasteiger partial charge on any atom is -0.329 e. The fraction of sp³-hybridized carbons (Fsp3) is 0.588. The first kappa shape index (κ1) is 23.9. The predicted octanol–water partition coefficient (Wildman–Crippen LogP) is 2.89. The van der Waals surface area contributed by atoms with Gasteiger partial charge in [0.15, 0.2) is 0 Å². The second-order valence-corrected chi connectivity index (χ2v) is 7.82. The van der Waals surface area contributed by atoms with E-state index in [9.17, 15) is 13.2 Å². The molecule has 1 unspecified atom stereocenters. The molecule has 1 atom stereocenters. The van der Waals surface area contributed by atoms with Crippen LogP contribution < -0.4 is 15.8 Å². The van der Waals surface area contributed by atoms with Crippen molar-refractivity contribution in [3.8, 4) is 0 Å². The van der Waals surface area contributed by atoms with Crippen LogP contribution in [0.1, 0.15) is 47.0 Å². The summed E-state index contributed by atoms with van der Waals surface area (Å²) in [6, 6.07) is 6.11. The van der Waals surface area contributed by atoms with E-state index in [1.165, 1.54) is 12.1 Å². The molecule has 0 aliphatic carbocycles. The summed E-state index contributed by atoms with van der Waals surface area (Å²) in [4.78, 5) is 12.7. The van der Waals surface area contributed by atoms with Crippen molar-refractivity contribution in [2.24, 2.45) is 11.1 Å². The standard InChI is InChI=1S/C17H29N3O3S.ClH/c1-5-13(4)20-24(22,23)15-10-8-9-14(11-15)19-16(21)17(6-2,7-3)12-18;/h8-11,13,20H,5-7,12,18H2,1-4H3,(H,19,21);1H. The lowest BCUT2D eigenvalue weighted by Gasteiger charge is -2.28. The van der Waals surface area contributed by atoms with Crippen LogP contribution >= 0.6 is 12.4 Å². The smallest absolute Gasteiger partial charge is 0.240 e. The van der Waals surface area contributed by atoms with E-state index >= 15 is 0 Å². The minimum atomic E-state index is -3.61. The van der Waals surface area contributed by atoms with Crippen LogP contribution in [-0.2, 0) is 14.8 Å². The van der Waals surface area contributed by atoms with Crippen LogP contribution in [0.5, 0.6) is 0 Å². The highest BCUT2D eigenvalue weighted by molar-refractivity contribution is 7.89. The molecule has 144 valence electrons. The van der Waals surface area contributed by atoms with E-state index < -0.39 is 15.4 Å². The zero-order valence-corrected chi connectivity index (χ0v) is 17.0. The van der Waals surface area contributed by atoms with Crippen molar-refractivity contribution < 1.29 is 13.2 Å². The third kappa shape index (κ3) is 5.95. The van der Waals surface area contributed by atoms with E-state index in [2.05, 4.69) is 10.0 Å². The SMILES string of the molecule is CCC(C)NS(=O)(=O)c1cccc(NC(=O)C(CC)(CC)CN)c1.Cl. The molecule has 0 heterocycles. The Balaban J connectivity index is 0.00000576. The quantitative estimate of drug-likeness (QED) is 0.602. The molecule has 0 bridgehead atoms. The second-order valence-electron chi connectivity index (χ2n) is 6.10. The van der Waals surface area contributed by atoms with Gasteiger partial charge in [0.05, 0.1) is 10.3 Å². The Bertz CT molecular complexity index is 653. The number of sulfonamides is 1. The van der Waals surface area contributed by atoms with Gasteiger partial charge in [0, 0.05) is 18.3 Å². The number of carbonyl (C=O) groups excluding carboxylic acids is 1. The third-order valence-electron chi connectivity index (χ3n) is 4.60. The first-order chi connectivity index (χ1) is 11.2. The van der Waals surface area contributed by atoms with Gasteiger partial charge in [-0.2, -0.15) is 0 Å². The average Bonchev–Trinajstić information content (AvgIpc) is 2.56. The van der Waals surface area contributed by atoms with Gasteiger partial charge in [-0.15, -0.1) is 12.4 Å². The summed E-state index contributed by atoms with van der Waals surface area (Å²) in [5, 5.41) is 2.80. The maximum absolute atomic E-state index is 12.6. The van der Waals surface area contributed by atoms with E-state index in [0.717, 1.165) is 0 Å². The van der Waals surface area contributed by atoms with Gasteiger partial charge in [0.2, 0.25) is 15.9 Å². The molecule has 8 heteroatoms. The van der Waals surface area contributed by atoms with Crippen molar-refractivity contribution in [2.75, 3.05) is 11.9 Å². The van der Waals surface area contributed by atoms with Gasteiger partial charge in [-0.3, -0.25) is 4.79 Å². The predicted molar refractivity (Wildman–Crippen MR) is 104 cm³/mol. The highest BCUT2D eigenvalue weighted by atomic mass is 35.5. The van der Waals surface area contributed by atoms with Gasteiger partial charge < -0.3 is 11.1 Å². The zero-order chi connectivity index (χ0) is 18.4. The maximum Gasteiger partial charge on any atom is 0.240 e. The molecule has 0 radical (unpaired) electrons. The Labute approximate surface area is 157 Å². The average molecular weight is 392 g/mol. The summed E-state index contributed by atoms with van der Waals surface area (Å²) in [6.07, 6.45) is 1.94. The Morgan fingerprint density at radius 1 is 1.24 bits per heavy atom. The number of benzene rings is 1. The van der Waals surface area contributed by atoms with Crippen molar-refractivity contribution in [1.29, 1.82) is 0 Å². The molecule has 25 heavy (non-hydrogen) atoms. The van der Waals surface area contributed by atoms with Gasteiger partial charge in [-0.05, 0) is 44.4 Å². The molecule has 1 rings (SSSR count). The van der Waals surface area contributed by atoms with Crippen LogP contribution in [-0.4, -0.2) is 26.9 Å². The molecule has 1 aromatic carbocycles. The lowest BCUT2D eigenvalue weighted by molar-refractivity contribution is -0.125. The molecule has 0 saturated heterocycles. The molecule has 6 nitrogen and oxygen atoms in total. The monoisotopic (exact) mass is 391 g/mol. The number of nitrogens with two attached hydrogens (primary N) is 1. The van der Waals surface area contributed by atoms with Crippen molar-refractivity contribution in [1.82, 2.24) is 4.72 Å². The van der Waals surface area contributed by atoms with E-state index in [1.54, 1.807) is 19.1 Å². The number of amides is 1. The number of halogens is 1. The molecule has 0 aliphatic rings. The number of rotatable bonds is 9. The van der Waals surface area contributed by atoms with Gasteiger partial charge in [-0.25, -0.2) is 13.1 Å². The fourth-order valence-electron chi connectivity index (χ4n) is 2.37. The summed E-state index contributed by atoms with van der Waals surface area (Å²) >= 11 is 0. The number of anilines is 1. The van der Waals surface area contributed by atoms with E-state index in [4.69, 9.17) is 5.73 Å². The summed E-state index contributed by atoms with van der Waals surface area (Å²) in [7, 11) is -3.61. The highest BCUT2D eigenvalue weighted by Crippen LogP contribution is 2.27. The first-order valence-corrected chi connectivity index (χ1v) is 9.86. The van der Waals surface area contributed by atoms with Gasteiger partial charge >= 0.3 is 0 Å². The lowest BCUT2D eigenvalue weighted by Crippen LogP contribution is -2.41. The summed E-state index contributed by atoms with van der Waals surface area (Å²) < 4.78 is 27.3. The molecule has 0 aliphatic heterocycles. The third-order valence-corrected chi connectivity index (χ3v) is 6.18. The van der Waals surface area contributed by atoms with E-state index in [1.807, 2.05) is 20.8 Å². The van der Waals surface area contributed by atoms with Gasteiger partial charge in [0.25, 0.3) is 0 Å². The molecule has 4 N–H and O–H groups in total. The number of carbonyl (C=O) groups is 1. The molecule has 0 aromatic heterocycles. The minimum absolute atomic E-state index is 0. The Morgan fingerprint density at radius 2 is 1.84 bits per heavy atom. The van der Waals surface area contributed by atoms with Crippen LogP contribution in [0.4, 0.5) is 5.69 Å². The van der Waals surface area contributed by atoms with Crippen LogP contribution in [0.3, 0.4) is 0 Å². The molecule has 0 spiro atoms. The van der Waals surface area contributed by atoms with E-state index in [0.29, 0.717) is 24.9 Å². The summed E-state index contributed by atoms with van der Waals surface area (Å²) in [5.74, 6) is -0.181. The van der Waals surface area contributed by atoms with Crippen LogP contribution in [0.2, 0.25) is 0 Å². The van der Waals surface area contributed by atoms with Crippen LogP contribution in [0, 0.1) is 5.41 Å². The molecule has 1 aromatic rings. The largest absolute Gasteiger partial charge is 0.329 e. The zero-order valence-electron chi connectivity index (χ0n) is 15.3. The summed E-state index contributed by atoms with van der Waals surface area (Å²) in [6.45, 7) is 7.81. The van der Waals surface area contributed by atoms with Crippen molar-refractivity contribution >= 4 is 34.0 Å². The lowest BCUT2D eigenvalue weighted by atomic mass is 9.81. The van der Waals surface area contributed by atoms with Crippen LogP contribution in [0.25, 0.3) is 0 Å². The Morgan fingerprint density at radius 3 is 2.32 bits per heavy atom. The summed E-state index contributed by atoms with van der Waals surface area (Å²) in [5.41, 5.74) is 5.60. The highest BCUT2D eigenvalue weighted by Gasteiger charge is 2.33. The molecule has 0 saturated carbocycles. The fourth-order valence-corrected chi connectivity index (χ4v) is 3.75. The Kier molecular flexibility index (Phi) is 9.64. The second kappa shape index (κ2) is 10.1. The Hall–Kier alpha value is -1.15. The van der Waals surface area contributed by atoms with E-state index in [-0.39, 0.29) is 35.8 Å². The number of hydrogen-bond donors (Lipinski definition) is 3. The maximum atomic E-state index is 12.6. The van der Waals surface area contributed by atoms with Crippen molar-refractivity contribution in [2.45, 2.75) is 57.9 Å². The topological polar surface area (TPSA) is 101 Å². The van der Waals surface area contributed by atoms with Gasteiger partial charge in [0.1, 0.15) is 0 Å². The van der Waals surface area contributed by atoms with Gasteiger partial charge in [-0.1, -0.05) is 26.8 Å². The number of nitrogens with one attached hydrogen (secondary N) is 2. The van der Waals surface area contributed by atoms with Crippen molar-refractivity contribution in [3.05, 3.63) is 24.3 Å². The molecule has 0 fully saturated rings. The number of hydrogen-bond acceptors (Lipinski definition) is 4. The first-order valence-electron chi connectivity index (χ1n) is 8.38.